The Labute approximate surface area is 109 Å². The van der Waals surface area contributed by atoms with Crippen molar-refractivity contribution >= 4 is 11.6 Å². The average molecular weight is 260 g/mol. The van der Waals surface area contributed by atoms with E-state index >= 15 is 0 Å². The Hall–Kier alpha value is -1.14. The van der Waals surface area contributed by atoms with Crippen LogP contribution in [0.4, 0.5) is 0 Å². The third-order valence-electron chi connectivity index (χ3n) is 1.73. The fourth-order valence-electron chi connectivity index (χ4n) is 1.000. The van der Waals surface area contributed by atoms with Gasteiger partial charge in [0.1, 0.15) is 0 Å². The Balaban J connectivity index is 3.23. The maximum atomic E-state index is 11.2. The summed E-state index contributed by atoms with van der Waals surface area (Å²) < 4.78 is 10.5. The molecule has 0 bridgehead atoms. The first-order valence-electron chi connectivity index (χ1n) is 6.22. The topological polar surface area (TPSA) is 69.2 Å². The zero-order chi connectivity index (χ0) is 13.6. The normalized spacial score (nSPS) is 9.94. The van der Waals surface area contributed by atoms with E-state index in [1.165, 1.54) is 0 Å². The number of amides is 1. The van der Waals surface area contributed by atoms with Gasteiger partial charge in [0.25, 0.3) is 5.91 Å². The molecule has 18 heavy (non-hydrogen) atoms. The lowest BCUT2D eigenvalue weighted by molar-refractivity contribution is -0.125. The molecule has 0 spiro atoms. The monoisotopic (exact) mass is 260 g/mol. The minimum absolute atomic E-state index is 0.0647. The van der Waals surface area contributed by atoms with Gasteiger partial charge in [-0.15, -0.1) is 0 Å². The number of rotatable bonds is 11. The van der Waals surface area contributed by atoms with Crippen LogP contribution in [-0.4, -0.2) is 51.2 Å². The number of carbonyl (C=O) groups excluding carboxylic acids is 1. The van der Waals surface area contributed by atoms with Crippen LogP contribution in [0.2, 0.25) is 0 Å². The highest BCUT2D eigenvalue weighted by Crippen LogP contribution is 1.82. The fourth-order valence-corrected chi connectivity index (χ4v) is 1.000. The first-order valence-corrected chi connectivity index (χ1v) is 6.22. The first-order chi connectivity index (χ1) is 8.66. The van der Waals surface area contributed by atoms with Crippen LogP contribution < -0.4 is 5.32 Å². The molecule has 0 aliphatic carbocycles. The molecule has 0 aromatic carbocycles. The van der Waals surface area contributed by atoms with Gasteiger partial charge in [-0.05, 0) is 20.3 Å². The van der Waals surface area contributed by atoms with Gasteiger partial charge in [0.05, 0.1) is 25.5 Å². The summed E-state index contributed by atoms with van der Waals surface area (Å²) in [7, 11) is 0. The minimum atomic E-state index is -0.203. The van der Waals surface area contributed by atoms with Crippen molar-refractivity contribution in [2.24, 2.45) is 5.16 Å². The maximum Gasteiger partial charge on any atom is 0.260 e. The summed E-state index contributed by atoms with van der Waals surface area (Å²) in [5.74, 6) is -0.203. The summed E-state index contributed by atoms with van der Waals surface area (Å²) >= 11 is 0. The van der Waals surface area contributed by atoms with Crippen LogP contribution in [0.3, 0.4) is 0 Å². The predicted octanol–water partition coefficient (Wildman–Crippen LogP) is 0.958. The van der Waals surface area contributed by atoms with Crippen molar-refractivity contribution in [1.29, 1.82) is 0 Å². The third kappa shape index (κ3) is 12.9. The van der Waals surface area contributed by atoms with E-state index in [4.69, 9.17) is 14.3 Å². The van der Waals surface area contributed by atoms with Gasteiger partial charge in [0, 0.05) is 13.2 Å². The fraction of sp³-hybridized carbons (Fsp3) is 0.833. The van der Waals surface area contributed by atoms with Gasteiger partial charge >= 0.3 is 0 Å². The maximum absolute atomic E-state index is 11.2. The molecule has 6 heteroatoms. The van der Waals surface area contributed by atoms with Crippen LogP contribution in [0.5, 0.6) is 0 Å². The van der Waals surface area contributed by atoms with Gasteiger partial charge in [0.15, 0.2) is 6.61 Å². The van der Waals surface area contributed by atoms with Gasteiger partial charge in [-0.1, -0.05) is 12.1 Å². The van der Waals surface area contributed by atoms with E-state index in [1.54, 1.807) is 13.8 Å². The standard InChI is InChI=1S/C12H24N2O4/c1-4-6-16-8-9-17-7-5-13-12(15)10-18-14-11(2)3/h4-10H2,1-3H3,(H,13,15). The molecule has 0 rings (SSSR count). The molecular formula is C12H24N2O4. The number of nitrogens with zero attached hydrogens (tertiary/aromatic N) is 1. The van der Waals surface area contributed by atoms with E-state index < -0.39 is 0 Å². The van der Waals surface area contributed by atoms with Crippen molar-refractivity contribution in [3.05, 3.63) is 0 Å². The summed E-state index contributed by atoms with van der Waals surface area (Å²) in [5.41, 5.74) is 0.776. The molecule has 0 atom stereocenters. The number of oxime groups is 1. The molecule has 1 amide bonds. The summed E-state index contributed by atoms with van der Waals surface area (Å²) in [5, 5.41) is 6.32. The van der Waals surface area contributed by atoms with E-state index in [-0.39, 0.29) is 12.5 Å². The lowest BCUT2D eigenvalue weighted by atomic mass is 10.5. The number of carbonyl (C=O) groups is 1. The van der Waals surface area contributed by atoms with Gasteiger partial charge in [0.2, 0.25) is 0 Å². The summed E-state index contributed by atoms with van der Waals surface area (Å²) in [6.45, 7) is 8.42. The Kier molecular flexibility index (Phi) is 11.5. The van der Waals surface area contributed by atoms with Crippen LogP contribution in [-0.2, 0) is 19.1 Å². The van der Waals surface area contributed by atoms with Crippen LogP contribution in [0.25, 0.3) is 0 Å². The smallest absolute Gasteiger partial charge is 0.260 e. The number of nitrogens with one attached hydrogen (secondary N) is 1. The van der Waals surface area contributed by atoms with Crippen molar-refractivity contribution in [2.75, 3.05) is 39.6 Å². The Morgan fingerprint density at radius 2 is 1.78 bits per heavy atom. The molecular weight excluding hydrogens is 236 g/mol. The SMILES string of the molecule is CCCOCCOCCNC(=O)CON=C(C)C. The molecule has 0 unspecified atom stereocenters. The Morgan fingerprint density at radius 3 is 2.39 bits per heavy atom. The van der Waals surface area contributed by atoms with Crippen molar-refractivity contribution in [3.8, 4) is 0 Å². The van der Waals surface area contributed by atoms with Crippen LogP contribution in [0, 0.1) is 0 Å². The molecule has 0 aliphatic heterocycles. The number of ether oxygens (including phenoxy) is 2. The molecule has 0 radical (unpaired) electrons. The lowest BCUT2D eigenvalue weighted by Crippen LogP contribution is -2.30. The molecule has 0 saturated carbocycles. The van der Waals surface area contributed by atoms with E-state index in [0.29, 0.717) is 26.4 Å². The average Bonchev–Trinajstić information content (AvgIpc) is 2.32. The van der Waals surface area contributed by atoms with Crippen LogP contribution >= 0.6 is 0 Å². The number of hydrogen-bond acceptors (Lipinski definition) is 5. The molecule has 0 aromatic heterocycles. The van der Waals surface area contributed by atoms with Gasteiger partial charge in [-0.3, -0.25) is 4.79 Å². The molecule has 0 aliphatic rings. The first kappa shape index (κ1) is 16.9. The van der Waals surface area contributed by atoms with Crippen LogP contribution in [0.15, 0.2) is 5.16 Å². The summed E-state index contributed by atoms with van der Waals surface area (Å²) in [4.78, 5) is 16.0. The van der Waals surface area contributed by atoms with E-state index in [0.717, 1.165) is 18.7 Å². The molecule has 0 saturated heterocycles. The van der Waals surface area contributed by atoms with E-state index in [1.807, 2.05) is 0 Å². The highest BCUT2D eigenvalue weighted by Gasteiger charge is 2.00. The molecule has 1 N–H and O–H groups in total. The van der Waals surface area contributed by atoms with Gasteiger partial charge in [-0.2, -0.15) is 0 Å². The molecule has 0 fully saturated rings. The summed E-state index contributed by atoms with van der Waals surface area (Å²) in [6, 6.07) is 0. The highest BCUT2D eigenvalue weighted by atomic mass is 16.6. The lowest BCUT2D eigenvalue weighted by Gasteiger charge is -2.06. The zero-order valence-corrected chi connectivity index (χ0v) is 11.5. The Bertz CT molecular complexity index is 240. The second-order valence-electron chi connectivity index (χ2n) is 3.89. The van der Waals surface area contributed by atoms with Crippen molar-refractivity contribution in [2.45, 2.75) is 27.2 Å². The van der Waals surface area contributed by atoms with Gasteiger partial charge in [-0.25, -0.2) is 0 Å². The predicted molar refractivity (Wildman–Crippen MR) is 69.7 cm³/mol. The number of hydrogen-bond donors (Lipinski definition) is 1. The second-order valence-corrected chi connectivity index (χ2v) is 3.89. The van der Waals surface area contributed by atoms with Crippen LogP contribution in [0.1, 0.15) is 27.2 Å². The molecule has 0 aromatic rings. The minimum Gasteiger partial charge on any atom is -0.386 e. The molecule has 6 nitrogen and oxygen atoms in total. The van der Waals surface area contributed by atoms with Crippen molar-refractivity contribution in [3.63, 3.8) is 0 Å². The summed E-state index contributed by atoms with van der Waals surface area (Å²) in [6.07, 6.45) is 1.01. The van der Waals surface area contributed by atoms with Gasteiger partial charge < -0.3 is 19.6 Å². The largest absolute Gasteiger partial charge is 0.386 e. The highest BCUT2D eigenvalue weighted by molar-refractivity contribution is 5.79. The van der Waals surface area contributed by atoms with E-state index in [9.17, 15) is 4.79 Å². The molecule has 106 valence electrons. The zero-order valence-electron chi connectivity index (χ0n) is 11.5. The van der Waals surface area contributed by atoms with E-state index in [2.05, 4.69) is 17.4 Å². The Morgan fingerprint density at radius 1 is 1.11 bits per heavy atom. The van der Waals surface area contributed by atoms with Crippen molar-refractivity contribution in [1.82, 2.24) is 5.32 Å². The second kappa shape index (κ2) is 12.3. The van der Waals surface area contributed by atoms with Crippen molar-refractivity contribution < 1.29 is 19.1 Å². The molecule has 0 heterocycles. The third-order valence-corrected chi connectivity index (χ3v) is 1.73. The quantitative estimate of drug-likeness (QED) is 0.341.